The van der Waals surface area contributed by atoms with Crippen LogP contribution in [0.5, 0.6) is 0 Å². The Balaban J connectivity index is 3.12. The Morgan fingerprint density at radius 1 is 1.30 bits per heavy atom. The van der Waals surface area contributed by atoms with Gasteiger partial charge in [0, 0.05) is 0 Å². The number of hydrogen-bond acceptors (Lipinski definition) is 4. The predicted octanol–water partition coefficient (Wildman–Crippen LogP) is 1.23. The summed E-state index contributed by atoms with van der Waals surface area (Å²) >= 11 is 0. The van der Waals surface area contributed by atoms with E-state index in [1.807, 2.05) is 13.8 Å². The molecule has 0 fully saturated rings. The Morgan fingerprint density at radius 2 is 1.90 bits per heavy atom. The second-order valence-electron chi connectivity index (χ2n) is 4.91. The summed E-state index contributed by atoms with van der Waals surface area (Å²) in [7, 11) is -3.46. The molecule has 0 bridgehead atoms. The van der Waals surface area contributed by atoms with Crippen LogP contribution in [0.25, 0.3) is 0 Å². The first-order valence-corrected chi connectivity index (χ1v) is 8.22. The molecule has 0 radical (unpaired) electrons. The van der Waals surface area contributed by atoms with Gasteiger partial charge >= 0.3 is 0 Å². The Labute approximate surface area is 119 Å². The normalized spacial score (nSPS) is 13.2. The van der Waals surface area contributed by atoms with Gasteiger partial charge in [-0.2, -0.15) is 0 Å². The van der Waals surface area contributed by atoms with Crippen LogP contribution in [0.3, 0.4) is 0 Å². The lowest BCUT2D eigenvalue weighted by atomic mass is 10.0. The van der Waals surface area contributed by atoms with Crippen LogP contribution in [-0.4, -0.2) is 37.8 Å². The molecule has 1 aromatic rings. The van der Waals surface area contributed by atoms with E-state index in [0.717, 1.165) is 0 Å². The molecule has 112 valence electrons. The Hall–Kier alpha value is -1.40. The maximum absolute atomic E-state index is 12.2. The van der Waals surface area contributed by atoms with Gasteiger partial charge in [-0.15, -0.1) is 0 Å². The van der Waals surface area contributed by atoms with E-state index in [0.29, 0.717) is 0 Å². The van der Waals surface area contributed by atoms with Crippen molar-refractivity contribution >= 4 is 15.7 Å². The van der Waals surface area contributed by atoms with E-state index < -0.39 is 21.8 Å². The number of amides is 1. The summed E-state index contributed by atoms with van der Waals surface area (Å²) < 4.78 is 24.0. The van der Waals surface area contributed by atoms with E-state index in [-0.39, 0.29) is 28.7 Å². The lowest BCUT2D eigenvalue weighted by Crippen LogP contribution is -2.41. The molecule has 6 heteroatoms. The quantitative estimate of drug-likeness (QED) is 0.827. The molecule has 0 aromatic heterocycles. The monoisotopic (exact) mass is 299 g/mol. The summed E-state index contributed by atoms with van der Waals surface area (Å²) in [5.41, 5.74) is 0.119. The fourth-order valence-electron chi connectivity index (χ4n) is 1.75. The van der Waals surface area contributed by atoms with Gasteiger partial charge in [-0.1, -0.05) is 32.9 Å². The number of benzene rings is 1. The van der Waals surface area contributed by atoms with Crippen molar-refractivity contribution in [1.82, 2.24) is 5.32 Å². The van der Waals surface area contributed by atoms with E-state index in [1.54, 1.807) is 12.1 Å². The Morgan fingerprint density at radius 3 is 2.40 bits per heavy atom. The zero-order chi connectivity index (χ0) is 15.3. The van der Waals surface area contributed by atoms with Crippen LogP contribution < -0.4 is 5.32 Å². The first kappa shape index (κ1) is 16.7. The summed E-state index contributed by atoms with van der Waals surface area (Å²) in [5, 5.41) is 11.9. The SMILES string of the molecule is CCS(=O)(=O)c1ccccc1C(=O)NC(CO)C(C)C. The summed E-state index contributed by atoms with van der Waals surface area (Å²) in [6, 6.07) is 5.71. The molecule has 0 heterocycles. The number of carbonyl (C=O) groups excluding carboxylic acids is 1. The van der Waals surface area contributed by atoms with Crippen molar-refractivity contribution in [3.05, 3.63) is 29.8 Å². The van der Waals surface area contributed by atoms with Crippen molar-refractivity contribution in [2.45, 2.75) is 31.7 Å². The minimum Gasteiger partial charge on any atom is -0.394 e. The average molecular weight is 299 g/mol. The molecule has 0 aliphatic rings. The highest BCUT2D eigenvalue weighted by atomic mass is 32.2. The van der Waals surface area contributed by atoms with Gasteiger partial charge in [0.1, 0.15) is 0 Å². The maximum atomic E-state index is 12.2. The lowest BCUT2D eigenvalue weighted by molar-refractivity contribution is 0.0893. The van der Waals surface area contributed by atoms with E-state index in [4.69, 9.17) is 0 Å². The van der Waals surface area contributed by atoms with Crippen molar-refractivity contribution in [3.8, 4) is 0 Å². The van der Waals surface area contributed by atoms with Crippen LogP contribution in [0, 0.1) is 5.92 Å². The van der Waals surface area contributed by atoms with Crippen molar-refractivity contribution < 1.29 is 18.3 Å². The second kappa shape index (κ2) is 6.85. The molecule has 1 unspecified atom stereocenters. The molecule has 5 nitrogen and oxygen atoms in total. The van der Waals surface area contributed by atoms with Crippen LogP contribution in [0.1, 0.15) is 31.1 Å². The molecule has 0 aliphatic carbocycles. The second-order valence-corrected chi connectivity index (χ2v) is 7.15. The van der Waals surface area contributed by atoms with Crippen LogP contribution in [0.2, 0.25) is 0 Å². The number of sulfone groups is 1. The molecular weight excluding hydrogens is 278 g/mol. The zero-order valence-corrected chi connectivity index (χ0v) is 12.8. The third-order valence-electron chi connectivity index (χ3n) is 3.16. The third-order valence-corrected chi connectivity index (χ3v) is 4.95. The fraction of sp³-hybridized carbons (Fsp3) is 0.500. The van der Waals surface area contributed by atoms with Crippen molar-refractivity contribution in [2.24, 2.45) is 5.92 Å². The topological polar surface area (TPSA) is 83.5 Å². The summed E-state index contributed by atoms with van der Waals surface area (Å²) in [6.45, 7) is 5.09. The molecule has 2 N–H and O–H groups in total. The standard InChI is InChI=1S/C14H21NO4S/c1-4-20(18,19)13-8-6-5-7-11(13)14(17)15-12(9-16)10(2)3/h5-8,10,12,16H,4,9H2,1-3H3,(H,15,17). The molecule has 1 atom stereocenters. The number of aliphatic hydroxyl groups excluding tert-OH is 1. The fourth-order valence-corrected chi connectivity index (χ4v) is 2.84. The van der Waals surface area contributed by atoms with Gasteiger partial charge in [0.05, 0.1) is 28.9 Å². The molecular formula is C14H21NO4S. The zero-order valence-electron chi connectivity index (χ0n) is 12.0. The highest BCUT2D eigenvalue weighted by Crippen LogP contribution is 2.17. The highest BCUT2D eigenvalue weighted by molar-refractivity contribution is 7.91. The van der Waals surface area contributed by atoms with Crippen LogP contribution in [0.15, 0.2) is 29.2 Å². The number of hydrogen-bond donors (Lipinski definition) is 2. The first-order valence-electron chi connectivity index (χ1n) is 6.57. The molecule has 20 heavy (non-hydrogen) atoms. The van der Waals surface area contributed by atoms with Gasteiger partial charge in [0.2, 0.25) is 0 Å². The van der Waals surface area contributed by atoms with E-state index in [2.05, 4.69) is 5.32 Å². The summed E-state index contributed by atoms with van der Waals surface area (Å²) in [5.74, 6) is -0.491. The molecule has 1 aromatic carbocycles. The Kier molecular flexibility index (Phi) is 5.71. The van der Waals surface area contributed by atoms with Crippen LogP contribution in [-0.2, 0) is 9.84 Å². The van der Waals surface area contributed by atoms with Gasteiger partial charge in [0.15, 0.2) is 9.84 Å². The van der Waals surface area contributed by atoms with Crippen molar-refractivity contribution in [3.63, 3.8) is 0 Å². The molecule has 0 saturated heterocycles. The van der Waals surface area contributed by atoms with Crippen LogP contribution >= 0.6 is 0 Å². The van der Waals surface area contributed by atoms with Crippen LogP contribution in [0.4, 0.5) is 0 Å². The minimum atomic E-state index is -3.46. The highest BCUT2D eigenvalue weighted by Gasteiger charge is 2.23. The number of carbonyl (C=O) groups is 1. The van der Waals surface area contributed by atoms with Gasteiger partial charge in [0.25, 0.3) is 5.91 Å². The van der Waals surface area contributed by atoms with Gasteiger partial charge in [-0.05, 0) is 18.1 Å². The largest absolute Gasteiger partial charge is 0.394 e. The molecule has 0 saturated carbocycles. The maximum Gasteiger partial charge on any atom is 0.252 e. The smallest absolute Gasteiger partial charge is 0.252 e. The number of aliphatic hydroxyl groups is 1. The molecule has 0 aliphatic heterocycles. The van der Waals surface area contributed by atoms with E-state index in [9.17, 15) is 18.3 Å². The lowest BCUT2D eigenvalue weighted by Gasteiger charge is -2.20. The van der Waals surface area contributed by atoms with Gasteiger partial charge in [-0.25, -0.2) is 8.42 Å². The predicted molar refractivity (Wildman–Crippen MR) is 77.3 cm³/mol. The number of nitrogens with one attached hydrogen (secondary N) is 1. The van der Waals surface area contributed by atoms with Gasteiger partial charge in [-0.3, -0.25) is 4.79 Å². The van der Waals surface area contributed by atoms with E-state index >= 15 is 0 Å². The van der Waals surface area contributed by atoms with E-state index in [1.165, 1.54) is 19.1 Å². The minimum absolute atomic E-state index is 0.0282. The van der Waals surface area contributed by atoms with Crippen molar-refractivity contribution in [1.29, 1.82) is 0 Å². The molecule has 0 spiro atoms. The first-order chi connectivity index (χ1) is 9.33. The summed E-state index contributed by atoms with van der Waals surface area (Å²) in [4.78, 5) is 12.2. The van der Waals surface area contributed by atoms with Crippen molar-refractivity contribution in [2.75, 3.05) is 12.4 Å². The average Bonchev–Trinajstić information content (AvgIpc) is 2.44. The number of rotatable bonds is 6. The molecule has 1 amide bonds. The molecule has 1 rings (SSSR count). The third kappa shape index (κ3) is 3.80. The van der Waals surface area contributed by atoms with Gasteiger partial charge < -0.3 is 10.4 Å². The summed E-state index contributed by atoms with van der Waals surface area (Å²) in [6.07, 6.45) is 0. The Bertz CT molecular complexity index is 566.